The van der Waals surface area contributed by atoms with Gasteiger partial charge < -0.3 is 29.3 Å². The van der Waals surface area contributed by atoms with Gasteiger partial charge in [-0.1, -0.05) is 26.8 Å². The molecule has 1 N–H and O–H groups in total. The van der Waals surface area contributed by atoms with Gasteiger partial charge in [0.05, 0.1) is 29.8 Å². The highest BCUT2D eigenvalue weighted by atomic mass is 16.7. The summed E-state index contributed by atoms with van der Waals surface area (Å²) >= 11 is 0. The Labute approximate surface area is 216 Å². The van der Waals surface area contributed by atoms with Crippen molar-refractivity contribution in [2.75, 3.05) is 26.4 Å². The topological polar surface area (TPSA) is 170 Å². The van der Waals surface area contributed by atoms with Crippen LogP contribution in [0.2, 0.25) is 0 Å². The van der Waals surface area contributed by atoms with Gasteiger partial charge in [-0.15, -0.1) is 0 Å². The quantitative estimate of drug-likeness (QED) is 0.312. The Hall–Kier alpha value is -4.14. The van der Waals surface area contributed by atoms with Gasteiger partial charge in [0.15, 0.2) is 23.3 Å². The van der Waals surface area contributed by atoms with Crippen molar-refractivity contribution in [1.82, 2.24) is 4.90 Å². The lowest BCUT2D eigenvalue weighted by molar-refractivity contribution is -0.241. The van der Waals surface area contributed by atoms with E-state index in [4.69, 9.17) is 34.9 Å². The van der Waals surface area contributed by atoms with E-state index in [-0.39, 0.29) is 6.79 Å². The molecule has 2 aliphatic rings. The molecule has 1 aromatic carbocycles. The Bertz CT molecular complexity index is 1100. The van der Waals surface area contributed by atoms with Gasteiger partial charge in [0.2, 0.25) is 6.79 Å². The minimum absolute atomic E-state index is 0.0202. The van der Waals surface area contributed by atoms with Gasteiger partial charge in [0.25, 0.3) is 5.79 Å². The summed E-state index contributed by atoms with van der Waals surface area (Å²) in [7, 11) is 0. The van der Waals surface area contributed by atoms with E-state index in [9.17, 15) is 14.9 Å². The molecule has 0 aromatic heterocycles. The fraction of sp³-hybridized carbons (Fsp3) is 0.538. The molecule has 0 aliphatic carbocycles. The average Bonchev–Trinajstić information content (AvgIpc) is 3.32. The van der Waals surface area contributed by atoms with Crippen molar-refractivity contribution in [2.24, 2.45) is 17.8 Å². The van der Waals surface area contributed by atoms with Crippen molar-refractivity contribution < 1.29 is 28.5 Å². The van der Waals surface area contributed by atoms with Gasteiger partial charge in [-0.25, -0.2) is 0 Å². The zero-order valence-corrected chi connectivity index (χ0v) is 21.6. The third-order valence-corrected chi connectivity index (χ3v) is 6.09. The molecule has 2 aliphatic heterocycles. The van der Waals surface area contributed by atoms with Crippen molar-refractivity contribution in [3.05, 3.63) is 23.8 Å². The Morgan fingerprint density at radius 2 is 1.54 bits per heavy atom. The summed E-state index contributed by atoms with van der Waals surface area (Å²) in [5.74, 6) is -8.41. The van der Waals surface area contributed by atoms with Crippen LogP contribution in [0.1, 0.15) is 46.1 Å². The van der Waals surface area contributed by atoms with Crippen LogP contribution in [-0.2, 0) is 19.1 Å². The maximum Gasteiger partial charge on any atom is 0.324 e. The van der Waals surface area contributed by atoms with E-state index < -0.39 is 47.1 Å². The van der Waals surface area contributed by atoms with E-state index in [0.29, 0.717) is 17.1 Å². The highest BCUT2D eigenvalue weighted by Crippen LogP contribution is 2.43. The number of fused-ring (bicyclic) bond motifs is 1. The Balaban J connectivity index is 0.000000604. The summed E-state index contributed by atoms with van der Waals surface area (Å²) in [6.45, 7) is 12.9. The highest BCUT2D eigenvalue weighted by Gasteiger charge is 2.51. The molecule has 196 valence electrons. The molecule has 37 heavy (non-hydrogen) atoms. The summed E-state index contributed by atoms with van der Waals surface area (Å²) < 4.78 is 21.0. The molecule has 0 bridgehead atoms. The number of nitrogens with zero attached hydrogens (tertiary/aromatic N) is 4. The molecule has 11 nitrogen and oxygen atoms in total. The number of nitrogens with one attached hydrogen (secondary N) is 1. The highest BCUT2D eigenvalue weighted by molar-refractivity contribution is 6.00. The molecule has 3 rings (SSSR count). The Morgan fingerprint density at radius 3 is 2.00 bits per heavy atom. The SMILES string of the molecule is CC1(C)OC(=O)C(C(c2ccc3c(c2)OCO3)C(C#N)C(=N)C(C#N)C#N)C(=O)O1.CCN(CC)CC. The zero-order chi connectivity index (χ0) is 27.8. The van der Waals surface area contributed by atoms with Crippen molar-refractivity contribution >= 4 is 17.7 Å². The van der Waals surface area contributed by atoms with E-state index in [1.54, 1.807) is 12.1 Å². The number of nitriles is 3. The lowest BCUT2D eigenvalue weighted by Gasteiger charge is -2.37. The van der Waals surface area contributed by atoms with Crippen LogP contribution in [0.4, 0.5) is 0 Å². The fourth-order valence-corrected chi connectivity index (χ4v) is 4.08. The van der Waals surface area contributed by atoms with E-state index in [2.05, 4.69) is 25.7 Å². The van der Waals surface area contributed by atoms with Crippen molar-refractivity contribution in [3.63, 3.8) is 0 Å². The van der Waals surface area contributed by atoms with Gasteiger partial charge in [0.1, 0.15) is 0 Å². The number of hydrogen-bond acceptors (Lipinski definition) is 11. The number of benzene rings is 1. The van der Waals surface area contributed by atoms with Crippen LogP contribution in [0, 0.1) is 57.2 Å². The summed E-state index contributed by atoms with van der Waals surface area (Å²) in [6.07, 6.45) is 0. The van der Waals surface area contributed by atoms with Crippen LogP contribution in [0.25, 0.3) is 0 Å². The largest absolute Gasteiger partial charge is 0.454 e. The normalized spacial score (nSPS) is 17.3. The van der Waals surface area contributed by atoms with E-state index in [1.807, 2.05) is 6.07 Å². The second kappa shape index (κ2) is 12.7. The molecule has 1 fully saturated rings. The minimum Gasteiger partial charge on any atom is -0.454 e. The maximum absolute atomic E-state index is 12.7. The zero-order valence-electron chi connectivity index (χ0n) is 21.6. The number of rotatable bonds is 8. The molecule has 1 saturated heterocycles. The second-order valence-electron chi connectivity index (χ2n) is 8.73. The molecule has 0 radical (unpaired) electrons. The smallest absolute Gasteiger partial charge is 0.324 e. The fourth-order valence-electron chi connectivity index (χ4n) is 4.08. The van der Waals surface area contributed by atoms with Gasteiger partial charge in [0, 0.05) is 19.8 Å². The lowest BCUT2D eigenvalue weighted by Crippen LogP contribution is -2.50. The predicted octanol–water partition coefficient (Wildman–Crippen LogP) is 3.12. The molecule has 2 atom stereocenters. The molecule has 0 spiro atoms. The summed E-state index contributed by atoms with van der Waals surface area (Å²) in [6, 6.07) is 9.68. The average molecular weight is 510 g/mol. The number of esters is 2. The van der Waals surface area contributed by atoms with Crippen LogP contribution in [0.5, 0.6) is 11.5 Å². The molecule has 0 amide bonds. The van der Waals surface area contributed by atoms with Crippen LogP contribution >= 0.6 is 0 Å². The van der Waals surface area contributed by atoms with Crippen LogP contribution in [-0.4, -0.2) is 54.8 Å². The van der Waals surface area contributed by atoms with E-state index in [0.717, 1.165) is 0 Å². The summed E-state index contributed by atoms with van der Waals surface area (Å²) in [5, 5.41) is 36.4. The Kier molecular flexibility index (Phi) is 9.99. The molecule has 11 heteroatoms. The van der Waals surface area contributed by atoms with Crippen molar-refractivity contribution in [3.8, 4) is 29.7 Å². The number of carbonyl (C=O) groups excluding carboxylic acids is 2. The molecule has 0 saturated carbocycles. The summed E-state index contributed by atoms with van der Waals surface area (Å²) in [5.41, 5.74) is -0.237. The molecular formula is C26H31N5O6. The van der Waals surface area contributed by atoms with E-state index in [1.165, 1.54) is 51.7 Å². The minimum atomic E-state index is -1.58. The third kappa shape index (κ3) is 6.75. The van der Waals surface area contributed by atoms with Gasteiger partial charge >= 0.3 is 11.9 Å². The molecular weight excluding hydrogens is 478 g/mol. The summed E-state index contributed by atoms with van der Waals surface area (Å²) in [4.78, 5) is 27.8. The first-order chi connectivity index (χ1) is 17.6. The molecule has 1 aromatic rings. The molecule has 2 heterocycles. The second-order valence-corrected chi connectivity index (χ2v) is 8.73. The molecule has 2 unspecified atom stereocenters. The first kappa shape index (κ1) is 29.1. The number of cyclic esters (lactones) is 2. The Morgan fingerprint density at radius 1 is 1.00 bits per heavy atom. The van der Waals surface area contributed by atoms with Gasteiger partial charge in [-0.05, 0) is 37.3 Å². The predicted molar refractivity (Wildman–Crippen MR) is 130 cm³/mol. The first-order valence-corrected chi connectivity index (χ1v) is 11.9. The van der Waals surface area contributed by atoms with Crippen LogP contribution in [0.3, 0.4) is 0 Å². The van der Waals surface area contributed by atoms with Crippen LogP contribution < -0.4 is 9.47 Å². The number of ether oxygens (including phenoxy) is 4. The van der Waals surface area contributed by atoms with Gasteiger partial charge in [-0.2, -0.15) is 15.8 Å². The maximum atomic E-state index is 12.7. The number of hydrogen-bond donors (Lipinski definition) is 1. The number of carbonyl (C=O) groups is 2. The standard InChI is InChI=1S/C20H16N4O6.C6H15N/c1-20(2)29-18(25)16(19(26)30-20)15(12(8-23)17(24)11(6-21)7-22)10-3-4-13-14(5-10)28-9-27-13;1-4-7(5-2)6-3/h3-5,11-12,15-16,24H,9H2,1-2H3;4-6H2,1-3H3. The third-order valence-electron chi connectivity index (χ3n) is 6.09. The van der Waals surface area contributed by atoms with E-state index >= 15 is 0 Å². The van der Waals surface area contributed by atoms with Crippen molar-refractivity contribution in [2.45, 2.75) is 46.3 Å². The van der Waals surface area contributed by atoms with Crippen molar-refractivity contribution in [1.29, 1.82) is 21.2 Å². The lowest BCUT2D eigenvalue weighted by atomic mass is 9.73. The first-order valence-electron chi connectivity index (χ1n) is 11.9. The van der Waals surface area contributed by atoms with Gasteiger partial charge in [-0.3, -0.25) is 9.59 Å². The monoisotopic (exact) mass is 509 g/mol. The van der Waals surface area contributed by atoms with Crippen LogP contribution in [0.15, 0.2) is 18.2 Å².